The molecule has 0 radical (unpaired) electrons. The second-order valence-electron chi connectivity index (χ2n) is 3.84. The number of nitrogens with one attached hydrogen (secondary N) is 1. The van der Waals surface area contributed by atoms with Crippen molar-refractivity contribution in [2.75, 3.05) is 13.6 Å². The fourth-order valence-electron chi connectivity index (χ4n) is 2.10. The third kappa shape index (κ3) is 2.02. The summed E-state index contributed by atoms with van der Waals surface area (Å²) in [5.41, 5.74) is -2.94. The van der Waals surface area contributed by atoms with Crippen LogP contribution in [0.25, 0.3) is 0 Å². The maximum atomic E-state index is 13.7. The van der Waals surface area contributed by atoms with Crippen LogP contribution in [-0.4, -0.2) is 25.4 Å². The molecule has 1 nitrogen and oxygen atoms in total. The molecule has 1 aliphatic rings. The lowest BCUT2D eigenvalue weighted by atomic mass is 9.89. The monoisotopic (exact) mass is 213 g/mol. The van der Waals surface area contributed by atoms with Crippen molar-refractivity contribution in [2.45, 2.75) is 37.5 Å². The van der Waals surface area contributed by atoms with E-state index in [0.29, 0.717) is 19.4 Å². The Balaban J connectivity index is 2.66. The predicted molar refractivity (Wildman–Crippen MR) is 45.8 cm³/mol. The number of alkyl halides is 4. The zero-order valence-corrected chi connectivity index (χ0v) is 8.12. The molecule has 0 amide bonds. The van der Waals surface area contributed by atoms with Crippen LogP contribution in [0.15, 0.2) is 0 Å². The Bertz CT molecular complexity index is 192. The van der Waals surface area contributed by atoms with Crippen molar-refractivity contribution in [2.24, 2.45) is 5.92 Å². The van der Waals surface area contributed by atoms with Crippen molar-refractivity contribution in [1.29, 1.82) is 0 Å². The molecule has 14 heavy (non-hydrogen) atoms. The molecule has 1 aliphatic carbocycles. The van der Waals surface area contributed by atoms with E-state index in [4.69, 9.17) is 0 Å². The van der Waals surface area contributed by atoms with Gasteiger partial charge in [0.1, 0.15) is 0 Å². The summed E-state index contributed by atoms with van der Waals surface area (Å²) in [5.74, 6) is -0.866. The van der Waals surface area contributed by atoms with Crippen molar-refractivity contribution in [1.82, 2.24) is 5.32 Å². The minimum absolute atomic E-state index is 0.256. The molecule has 2 atom stereocenters. The number of halogens is 4. The summed E-state index contributed by atoms with van der Waals surface area (Å²) in [6, 6.07) is 0. The van der Waals surface area contributed by atoms with Crippen LogP contribution in [0.1, 0.15) is 25.7 Å². The van der Waals surface area contributed by atoms with Crippen molar-refractivity contribution in [3.8, 4) is 0 Å². The Kier molecular flexibility index (Phi) is 3.40. The van der Waals surface area contributed by atoms with Gasteiger partial charge in [0.25, 0.3) is 0 Å². The van der Waals surface area contributed by atoms with E-state index < -0.39 is 17.8 Å². The first-order chi connectivity index (χ1) is 6.42. The van der Waals surface area contributed by atoms with Gasteiger partial charge in [0.2, 0.25) is 5.67 Å². The van der Waals surface area contributed by atoms with E-state index in [1.54, 1.807) is 7.05 Å². The molecule has 1 N–H and O–H groups in total. The lowest BCUT2D eigenvalue weighted by molar-refractivity contribution is -0.242. The van der Waals surface area contributed by atoms with Crippen LogP contribution in [0.4, 0.5) is 17.6 Å². The first kappa shape index (κ1) is 11.8. The van der Waals surface area contributed by atoms with E-state index in [0.717, 1.165) is 0 Å². The van der Waals surface area contributed by atoms with Crippen LogP contribution in [0.3, 0.4) is 0 Å². The zero-order valence-electron chi connectivity index (χ0n) is 8.12. The predicted octanol–water partition coefficient (Wildman–Crippen LogP) is 2.67. The Morgan fingerprint density at radius 1 is 1.43 bits per heavy atom. The molecule has 0 aliphatic heterocycles. The highest BCUT2D eigenvalue weighted by atomic mass is 19.4. The molecule has 0 spiro atoms. The Morgan fingerprint density at radius 3 is 2.57 bits per heavy atom. The van der Waals surface area contributed by atoms with Crippen molar-refractivity contribution < 1.29 is 17.6 Å². The fraction of sp³-hybridized carbons (Fsp3) is 1.00. The van der Waals surface area contributed by atoms with E-state index >= 15 is 0 Å². The van der Waals surface area contributed by atoms with Gasteiger partial charge in [-0.25, -0.2) is 4.39 Å². The molecule has 0 aromatic rings. The second-order valence-corrected chi connectivity index (χ2v) is 3.84. The highest BCUT2D eigenvalue weighted by molar-refractivity contribution is 4.98. The Morgan fingerprint density at radius 2 is 2.07 bits per heavy atom. The summed E-state index contributed by atoms with van der Waals surface area (Å²) in [7, 11) is 1.66. The summed E-state index contributed by atoms with van der Waals surface area (Å²) >= 11 is 0. The number of hydrogen-bond donors (Lipinski definition) is 1. The lowest BCUT2D eigenvalue weighted by Crippen LogP contribution is -2.44. The highest BCUT2D eigenvalue weighted by Gasteiger charge is 2.61. The van der Waals surface area contributed by atoms with Gasteiger partial charge < -0.3 is 5.32 Å². The largest absolute Gasteiger partial charge is 0.422 e. The molecule has 1 fully saturated rings. The van der Waals surface area contributed by atoms with Crippen LogP contribution >= 0.6 is 0 Å². The van der Waals surface area contributed by atoms with Gasteiger partial charge in [-0.2, -0.15) is 13.2 Å². The average Bonchev–Trinajstić information content (AvgIpc) is 2.44. The summed E-state index contributed by atoms with van der Waals surface area (Å²) in [6.45, 7) is 0.437. The van der Waals surface area contributed by atoms with Crippen LogP contribution in [-0.2, 0) is 0 Å². The quantitative estimate of drug-likeness (QED) is 0.711. The molecule has 0 aromatic heterocycles. The van der Waals surface area contributed by atoms with Gasteiger partial charge >= 0.3 is 6.18 Å². The maximum Gasteiger partial charge on any atom is 0.422 e. The summed E-state index contributed by atoms with van der Waals surface area (Å²) < 4.78 is 50.9. The molecule has 2 unspecified atom stereocenters. The minimum atomic E-state index is -4.71. The van der Waals surface area contributed by atoms with E-state index in [-0.39, 0.29) is 12.8 Å². The number of rotatable bonds is 3. The summed E-state index contributed by atoms with van der Waals surface area (Å²) in [6.07, 6.45) is -4.14. The topological polar surface area (TPSA) is 12.0 Å². The van der Waals surface area contributed by atoms with E-state index in [9.17, 15) is 17.6 Å². The molecule has 84 valence electrons. The van der Waals surface area contributed by atoms with Crippen LogP contribution in [0, 0.1) is 5.92 Å². The smallest absolute Gasteiger partial charge is 0.320 e. The van der Waals surface area contributed by atoms with Gasteiger partial charge in [0.15, 0.2) is 0 Å². The van der Waals surface area contributed by atoms with Gasteiger partial charge in [0, 0.05) is 5.92 Å². The SMILES string of the molecule is CNCCC1CCCC1(F)C(F)(F)F. The normalized spacial score (nSPS) is 33.6. The van der Waals surface area contributed by atoms with Gasteiger partial charge in [-0.1, -0.05) is 0 Å². The third-order valence-corrected chi connectivity index (χ3v) is 2.95. The number of hydrogen-bond acceptors (Lipinski definition) is 1. The molecule has 0 heterocycles. The van der Waals surface area contributed by atoms with Gasteiger partial charge in [-0.05, 0) is 39.3 Å². The summed E-state index contributed by atoms with van der Waals surface area (Å²) in [5, 5.41) is 2.75. The fourth-order valence-corrected chi connectivity index (χ4v) is 2.10. The minimum Gasteiger partial charge on any atom is -0.320 e. The van der Waals surface area contributed by atoms with Crippen molar-refractivity contribution in [3.05, 3.63) is 0 Å². The first-order valence-electron chi connectivity index (χ1n) is 4.82. The summed E-state index contributed by atoms with van der Waals surface area (Å²) in [4.78, 5) is 0. The third-order valence-electron chi connectivity index (χ3n) is 2.95. The van der Waals surface area contributed by atoms with Crippen LogP contribution in [0.2, 0.25) is 0 Å². The molecular weight excluding hydrogens is 198 g/mol. The second kappa shape index (κ2) is 4.04. The van der Waals surface area contributed by atoms with Gasteiger partial charge in [-0.15, -0.1) is 0 Å². The molecule has 0 saturated heterocycles. The molecule has 0 bridgehead atoms. The first-order valence-corrected chi connectivity index (χ1v) is 4.82. The molecule has 5 heteroatoms. The Hall–Kier alpha value is -0.320. The average molecular weight is 213 g/mol. The molecule has 1 saturated carbocycles. The van der Waals surface area contributed by atoms with Crippen molar-refractivity contribution in [3.63, 3.8) is 0 Å². The lowest BCUT2D eigenvalue weighted by Gasteiger charge is -2.29. The standard InChI is InChI=1S/C9H15F4N/c1-14-6-4-7-3-2-5-8(7,10)9(11,12)13/h7,14H,2-6H2,1H3. The molecule has 1 rings (SSSR count). The maximum absolute atomic E-state index is 13.7. The van der Waals surface area contributed by atoms with Crippen LogP contribution in [0.5, 0.6) is 0 Å². The van der Waals surface area contributed by atoms with E-state index in [1.807, 2.05) is 0 Å². The molecular formula is C9H15F4N. The van der Waals surface area contributed by atoms with E-state index in [2.05, 4.69) is 5.32 Å². The molecule has 0 aromatic carbocycles. The zero-order chi connectivity index (χ0) is 10.8. The Labute approximate surface area is 80.9 Å². The van der Waals surface area contributed by atoms with Gasteiger partial charge in [0.05, 0.1) is 0 Å². The van der Waals surface area contributed by atoms with Crippen LogP contribution < -0.4 is 5.32 Å². The van der Waals surface area contributed by atoms with Gasteiger partial charge in [-0.3, -0.25) is 0 Å². The highest BCUT2D eigenvalue weighted by Crippen LogP contribution is 2.50. The van der Waals surface area contributed by atoms with Crippen molar-refractivity contribution >= 4 is 0 Å². The van der Waals surface area contributed by atoms with E-state index in [1.165, 1.54) is 0 Å².